The highest BCUT2D eigenvalue weighted by Gasteiger charge is 2.22. The molecule has 6 heteroatoms. The maximum Gasteiger partial charge on any atom is 0.252 e. The number of carbonyl (C=O) groups is 1. The van der Waals surface area contributed by atoms with Crippen LogP contribution < -0.4 is 4.74 Å². The third-order valence-corrected chi connectivity index (χ3v) is 3.93. The molecule has 1 aliphatic rings. The van der Waals surface area contributed by atoms with Gasteiger partial charge in [0, 0.05) is 18.2 Å². The minimum Gasteiger partial charge on any atom is -0.497 e. The van der Waals surface area contributed by atoms with Gasteiger partial charge in [-0.2, -0.15) is 4.98 Å². The fourth-order valence-corrected chi connectivity index (χ4v) is 2.77. The van der Waals surface area contributed by atoms with Gasteiger partial charge in [-0.3, -0.25) is 4.79 Å². The van der Waals surface area contributed by atoms with Gasteiger partial charge in [0.1, 0.15) is 5.75 Å². The van der Waals surface area contributed by atoms with E-state index in [9.17, 15) is 4.79 Å². The molecule has 110 valence electrons. The number of Topliss-reactive ketones (excluding diaryl/α,β-unsaturated/α-hetero) is 1. The van der Waals surface area contributed by atoms with E-state index in [1.807, 2.05) is 24.3 Å². The lowest BCUT2D eigenvalue weighted by Crippen LogP contribution is -2.16. The third-order valence-electron chi connectivity index (χ3n) is 3.93. The first-order valence-electron chi connectivity index (χ1n) is 7.18. The van der Waals surface area contributed by atoms with E-state index in [4.69, 9.17) is 4.74 Å². The lowest BCUT2D eigenvalue weighted by molar-refractivity contribution is 0.0970. The molecule has 0 saturated carbocycles. The minimum atomic E-state index is 0.136. The molecule has 0 bridgehead atoms. The van der Waals surface area contributed by atoms with Gasteiger partial charge in [-0.25, -0.2) is 9.50 Å². The molecule has 0 fully saturated rings. The van der Waals surface area contributed by atoms with Gasteiger partial charge < -0.3 is 4.74 Å². The molecule has 0 unspecified atom stereocenters. The number of nitrogens with zero attached hydrogens (tertiary/aromatic N) is 4. The maximum absolute atomic E-state index is 12.0. The summed E-state index contributed by atoms with van der Waals surface area (Å²) in [5, 5.41) is 4.54. The van der Waals surface area contributed by atoms with Crippen LogP contribution in [0.15, 0.2) is 30.5 Å². The summed E-state index contributed by atoms with van der Waals surface area (Å²) in [6.07, 6.45) is 3.88. The third kappa shape index (κ3) is 1.95. The molecule has 1 aliphatic carbocycles. The van der Waals surface area contributed by atoms with Crippen LogP contribution in [-0.2, 0) is 6.42 Å². The quantitative estimate of drug-likeness (QED) is 0.725. The first kappa shape index (κ1) is 12.9. The number of carbonyl (C=O) groups excluding carboxylic acids is 1. The SMILES string of the molecule is COc1ccc(-c2nc3ncc4c(n3n2)CCCC4=O)cc1. The Labute approximate surface area is 126 Å². The van der Waals surface area contributed by atoms with Gasteiger partial charge in [0.15, 0.2) is 11.6 Å². The highest BCUT2D eigenvalue weighted by Crippen LogP contribution is 2.24. The Kier molecular flexibility index (Phi) is 2.89. The van der Waals surface area contributed by atoms with Gasteiger partial charge in [-0.05, 0) is 37.1 Å². The number of hydrogen-bond donors (Lipinski definition) is 0. The van der Waals surface area contributed by atoms with Crippen LogP contribution in [0.1, 0.15) is 28.9 Å². The smallest absolute Gasteiger partial charge is 0.252 e. The van der Waals surface area contributed by atoms with Crippen molar-refractivity contribution in [2.24, 2.45) is 0 Å². The van der Waals surface area contributed by atoms with E-state index in [0.717, 1.165) is 29.8 Å². The van der Waals surface area contributed by atoms with Gasteiger partial charge in [-0.15, -0.1) is 5.10 Å². The number of benzene rings is 1. The fraction of sp³-hybridized carbons (Fsp3) is 0.250. The van der Waals surface area contributed by atoms with Crippen LogP contribution in [0, 0.1) is 0 Å². The molecule has 3 aromatic rings. The fourth-order valence-electron chi connectivity index (χ4n) is 2.77. The molecule has 0 radical (unpaired) electrons. The van der Waals surface area contributed by atoms with Crippen molar-refractivity contribution in [1.82, 2.24) is 19.6 Å². The van der Waals surface area contributed by atoms with Crippen molar-refractivity contribution in [3.8, 4) is 17.1 Å². The predicted molar refractivity (Wildman–Crippen MR) is 80.0 cm³/mol. The summed E-state index contributed by atoms with van der Waals surface area (Å²) < 4.78 is 6.85. The van der Waals surface area contributed by atoms with Gasteiger partial charge in [0.05, 0.1) is 18.4 Å². The van der Waals surface area contributed by atoms with Crippen molar-refractivity contribution < 1.29 is 9.53 Å². The Bertz CT molecular complexity index is 868. The van der Waals surface area contributed by atoms with Gasteiger partial charge >= 0.3 is 0 Å². The molecule has 22 heavy (non-hydrogen) atoms. The van der Waals surface area contributed by atoms with E-state index in [1.165, 1.54) is 0 Å². The Morgan fingerprint density at radius 3 is 2.77 bits per heavy atom. The summed E-state index contributed by atoms with van der Waals surface area (Å²) in [7, 11) is 1.63. The van der Waals surface area contributed by atoms with E-state index >= 15 is 0 Å². The van der Waals surface area contributed by atoms with E-state index < -0.39 is 0 Å². The Hall–Kier alpha value is -2.76. The van der Waals surface area contributed by atoms with Crippen molar-refractivity contribution in [3.05, 3.63) is 41.7 Å². The number of aromatic nitrogens is 4. The largest absolute Gasteiger partial charge is 0.497 e. The summed E-state index contributed by atoms with van der Waals surface area (Å²) in [5.41, 5.74) is 2.47. The van der Waals surface area contributed by atoms with Crippen LogP contribution >= 0.6 is 0 Å². The maximum atomic E-state index is 12.0. The monoisotopic (exact) mass is 294 g/mol. The zero-order chi connectivity index (χ0) is 15.1. The van der Waals surface area contributed by atoms with Crippen LogP contribution in [0.25, 0.3) is 17.2 Å². The molecule has 6 nitrogen and oxygen atoms in total. The number of ether oxygens (including phenoxy) is 1. The molecular weight excluding hydrogens is 280 g/mol. The van der Waals surface area contributed by atoms with Gasteiger partial charge in [0.2, 0.25) is 0 Å². The lowest BCUT2D eigenvalue weighted by atomic mass is 9.96. The number of hydrogen-bond acceptors (Lipinski definition) is 5. The predicted octanol–water partition coefficient (Wildman–Crippen LogP) is 2.32. The Morgan fingerprint density at radius 1 is 1.18 bits per heavy atom. The molecule has 0 spiro atoms. The topological polar surface area (TPSA) is 69.4 Å². The average Bonchev–Trinajstić information content (AvgIpc) is 3.00. The minimum absolute atomic E-state index is 0.136. The van der Waals surface area contributed by atoms with Crippen molar-refractivity contribution >= 4 is 11.6 Å². The summed E-state index contributed by atoms with van der Waals surface area (Å²) >= 11 is 0. The first-order chi connectivity index (χ1) is 10.8. The van der Waals surface area contributed by atoms with Crippen LogP contribution in [0.2, 0.25) is 0 Å². The van der Waals surface area contributed by atoms with E-state index in [1.54, 1.807) is 17.8 Å². The number of methoxy groups -OCH3 is 1. The van der Waals surface area contributed by atoms with Gasteiger partial charge in [0.25, 0.3) is 5.78 Å². The summed E-state index contributed by atoms with van der Waals surface area (Å²) in [6.45, 7) is 0. The van der Waals surface area contributed by atoms with Gasteiger partial charge in [-0.1, -0.05) is 0 Å². The molecule has 0 aliphatic heterocycles. The average molecular weight is 294 g/mol. The zero-order valence-electron chi connectivity index (χ0n) is 12.1. The number of aryl methyl sites for hydroxylation is 1. The molecule has 0 N–H and O–H groups in total. The second-order valence-electron chi connectivity index (χ2n) is 5.27. The summed E-state index contributed by atoms with van der Waals surface area (Å²) in [4.78, 5) is 20.7. The van der Waals surface area contributed by atoms with Crippen LogP contribution in [0.4, 0.5) is 0 Å². The lowest BCUT2D eigenvalue weighted by Gasteiger charge is -2.13. The number of fused-ring (bicyclic) bond motifs is 3. The first-order valence-corrected chi connectivity index (χ1v) is 7.18. The van der Waals surface area contributed by atoms with Crippen molar-refractivity contribution in [1.29, 1.82) is 0 Å². The molecule has 0 amide bonds. The molecule has 2 aromatic heterocycles. The van der Waals surface area contributed by atoms with Crippen LogP contribution in [-0.4, -0.2) is 32.5 Å². The molecule has 0 atom stereocenters. The summed E-state index contributed by atoms with van der Waals surface area (Å²) in [5.74, 6) is 2.05. The number of rotatable bonds is 2. The van der Waals surface area contributed by atoms with E-state index in [2.05, 4.69) is 15.1 Å². The van der Waals surface area contributed by atoms with Crippen molar-refractivity contribution in [2.45, 2.75) is 19.3 Å². The molecule has 0 saturated heterocycles. The standard InChI is InChI=1S/C16H14N4O2/c1-22-11-7-5-10(6-8-11)15-18-16-17-9-12-13(20(16)19-15)3-2-4-14(12)21/h5-9H,2-4H2,1H3. The zero-order valence-corrected chi connectivity index (χ0v) is 12.1. The van der Waals surface area contributed by atoms with Crippen LogP contribution in [0.3, 0.4) is 0 Å². The molecule has 4 rings (SSSR count). The second-order valence-corrected chi connectivity index (χ2v) is 5.27. The Morgan fingerprint density at radius 2 is 2.00 bits per heavy atom. The van der Waals surface area contributed by atoms with Crippen LogP contribution in [0.5, 0.6) is 5.75 Å². The van der Waals surface area contributed by atoms with E-state index in [-0.39, 0.29) is 5.78 Å². The van der Waals surface area contributed by atoms with E-state index in [0.29, 0.717) is 23.6 Å². The second kappa shape index (κ2) is 4.91. The number of ketones is 1. The normalized spacial score (nSPS) is 14.1. The molecule has 2 heterocycles. The molecule has 1 aromatic carbocycles. The highest BCUT2D eigenvalue weighted by molar-refractivity contribution is 5.97. The Balaban J connectivity index is 1.85. The summed E-state index contributed by atoms with van der Waals surface area (Å²) in [6, 6.07) is 7.55. The molecular formula is C16H14N4O2. The van der Waals surface area contributed by atoms with Crippen molar-refractivity contribution in [3.63, 3.8) is 0 Å². The van der Waals surface area contributed by atoms with Crippen molar-refractivity contribution in [2.75, 3.05) is 7.11 Å². The highest BCUT2D eigenvalue weighted by atomic mass is 16.5.